The first-order chi connectivity index (χ1) is 14.6. The minimum absolute atomic E-state index is 0.0564. The Morgan fingerprint density at radius 1 is 0.800 bits per heavy atom. The maximum absolute atomic E-state index is 15.1. The van der Waals surface area contributed by atoms with Crippen LogP contribution in [0.25, 0.3) is 0 Å². The van der Waals surface area contributed by atoms with Crippen molar-refractivity contribution in [1.82, 2.24) is 0 Å². The minimum Gasteiger partial charge on any atom is -0.207 e. The summed E-state index contributed by atoms with van der Waals surface area (Å²) in [7, 11) is 0. The Bertz CT molecular complexity index is 833. The van der Waals surface area contributed by atoms with E-state index in [2.05, 4.69) is 13.0 Å². The third kappa shape index (κ3) is 5.13. The molecule has 2 aliphatic rings. The molecule has 2 aromatic carbocycles. The molecule has 1 fully saturated rings. The molecule has 0 nitrogen and oxygen atoms in total. The van der Waals surface area contributed by atoms with Crippen molar-refractivity contribution in [3.05, 3.63) is 70.3 Å². The van der Waals surface area contributed by atoms with Crippen LogP contribution in [0.1, 0.15) is 105 Å². The zero-order valence-corrected chi connectivity index (χ0v) is 18.4. The summed E-state index contributed by atoms with van der Waals surface area (Å²) >= 11 is 0. The van der Waals surface area contributed by atoms with Gasteiger partial charge in [-0.1, -0.05) is 57.2 Å². The maximum Gasteiger partial charge on any atom is 0.126 e. The van der Waals surface area contributed by atoms with Crippen LogP contribution in [-0.4, -0.2) is 0 Å². The summed E-state index contributed by atoms with van der Waals surface area (Å²) in [5, 5.41) is 0. The van der Waals surface area contributed by atoms with E-state index in [0.29, 0.717) is 5.92 Å². The standard InChI is InChI=1S/C28H36F2/c1-2-3-4-5-6-20-7-9-21(10-8-20)23-14-16-27(28(30)19-23)24-12-11-22-13-15-26(29)18-25(22)17-24/h13-16,18-21,24H,2-12,17H2,1H3. The first kappa shape index (κ1) is 21.5. The van der Waals surface area contributed by atoms with Crippen molar-refractivity contribution < 1.29 is 8.78 Å². The molecule has 0 radical (unpaired) electrons. The first-order valence-corrected chi connectivity index (χ1v) is 12.2. The predicted molar refractivity (Wildman–Crippen MR) is 121 cm³/mol. The molecule has 0 spiro atoms. The van der Waals surface area contributed by atoms with Gasteiger partial charge in [-0.15, -0.1) is 0 Å². The minimum atomic E-state index is -0.189. The summed E-state index contributed by atoms with van der Waals surface area (Å²) < 4.78 is 28.7. The van der Waals surface area contributed by atoms with Gasteiger partial charge in [0.2, 0.25) is 0 Å². The van der Waals surface area contributed by atoms with Gasteiger partial charge >= 0.3 is 0 Å². The van der Waals surface area contributed by atoms with Crippen molar-refractivity contribution in [2.24, 2.45) is 5.92 Å². The molecule has 162 valence electrons. The quantitative estimate of drug-likeness (QED) is 0.401. The average Bonchev–Trinajstić information content (AvgIpc) is 2.76. The van der Waals surface area contributed by atoms with Crippen molar-refractivity contribution in [2.75, 3.05) is 0 Å². The van der Waals surface area contributed by atoms with Gasteiger partial charge in [0.05, 0.1) is 0 Å². The molecule has 0 aromatic heterocycles. The monoisotopic (exact) mass is 410 g/mol. The Balaban J connectivity index is 1.35. The van der Waals surface area contributed by atoms with Crippen LogP contribution in [0.5, 0.6) is 0 Å². The van der Waals surface area contributed by atoms with E-state index in [4.69, 9.17) is 0 Å². The number of hydrogen-bond donors (Lipinski definition) is 0. The van der Waals surface area contributed by atoms with Gasteiger partial charge in [-0.3, -0.25) is 0 Å². The van der Waals surface area contributed by atoms with Gasteiger partial charge in [-0.05, 0) is 103 Å². The molecular formula is C28H36F2. The predicted octanol–water partition coefficient (Wildman–Crippen LogP) is 8.48. The van der Waals surface area contributed by atoms with Crippen molar-refractivity contribution in [1.29, 1.82) is 0 Å². The maximum atomic E-state index is 15.1. The molecule has 1 unspecified atom stereocenters. The van der Waals surface area contributed by atoms with Crippen LogP contribution in [-0.2, 0) is 12.8 Å². The Labute approximate surface area is 181 Å². The highest BCUT2D eigenvalue weighted by Crippen LogP contribution is 2.40. The van der Waals surface area contributed by atoms with E-state index in [-0.39, 0.29) is 17.6 Å². The second-order valence-electron chi connectivity index (χ2n) is 9.70. The topological polar surface area (TPSA) is 0 Å². The van der Waals surface area contributed by atoms with Crippen LogP contribution in [0.3, 0.4) is 0 Å². The highest BCUT2D eigenvalue weighted by molar-refractivity contribution is 5.36. The van der Waals surface area contributed by atoms with Crippen molar-refractivity contribution >= 4 is 0 Å². The molecule has 0 heterocycles. The van der Waals surface area contributed by atoms with Gasteiger partial charge in [0.15, 0.2) is 0 Å². The molecule has 1 saturated carbocycles. The summed E-state index contributed by atoms with van der Waals surface area (Å²) in [6.07, 6.45) is 14.4. The zero-order chi connectivity index (χ0) is 20.9. The summed E-state index contributed by atoms with van der Waals surface area (Å²) in [6, 6.07) is 11.1. The molecule has 4 rings (SSSR count). The number of aryl methyl sites for hydroxylation is 1. The van der Waals surface area contributed by atoms with Crippen molar-refractivity contribution in [2.45, 2.75) is 95.8 Å². The summed E-state index contributed by atoms with van der Waals surface area (Å²) in [4.78, 5) is 0. The molecule has 30 heavy (non-hydrogen) atoms. The van der Waals surface area contributed by atoms with Crippen LogP contribution >= 0.6 is 0 Å². The molecule has 0 bridgehead atoms. The smallest absolute Gasteiger partial charge is 0.126 e. The van der Waals surface area contributed by atoms with E-state index in [9.17, 15) is 4.39 Å². The van der Waals surface area contributed by atoms with Gasteiger partial charge in [0.25, 0.3) is 0 Å². The normalized spacial score (nSPS) is 23.9. The van der Waals surface area contributed by atoms with Crippen LogP contribution < -0.4 is 0 Å². The van der Waals surface area contributed by atoms with E-state index >= 15 is 4.39 Å². The van der Waals surface area contributed by atoms with E-state index in [0.717, 1.165) is 36.3 Å². The number of halogens is 2. The third-order valence-electron chi connectivity index (χ3n) is 7.65. The Morgan fingerprint density at radius 2 is 1.63 bits per heavy atom. The molecule has 1 atom stereocenters. The number of rotatable bonds is 7. The van der Waals surface area contributed by atoms with E-state index in [1.165, 1.54) is 75.0 Å². The lowest BCUT2D eigenvalue weighted by atomic mass is 9.76. The summed E-state index contributed by atoms with van der Waals surface area (Å²) in [6.45, 7) is 2.27. The fraction of sp³-hybridized carbons (Fsp3) is 0.571. The second-order valence-corrected chi connectivity index (χ2v) is 9.70. The average molecular weight is 411 g/mol. The Hall–Kier alpha value is -1.70. The van der Waals surface area contributed by atoms with E-state index in [1.54, 1.807) is 6.07 Å². The highest BCUT2D eigenvalue weighted by Gasteiger charge is 2.26. The molecule has 2 aliphatic carbocycles. The fourth-order valence-electron chi connectivity index (χ4n) is 5.76. The van der Waals surface area contributed by atoms with Crippen molar-refractivity contribution in [3.8, 4) is 0 Å². The lowest BCUT2D eigenvalue weighted by Crippen LogP contribution is -2.16. The summed E-state index contributed by atoms with van der Waals surface area (Å²) in [5.74, 6) is 1.31. The zero-order valence-electron chi connectivity index (χ0n) is 18.4. The largest absolute Gasteiger partial charge is 0.207 e. The third-order valence-corrected chi connectivity index (χ3v) is 7.65. The number of unbranched alkanes of at least 4 members (excludes halogenated alkanes) is 3. The number of benzene rings is 2. The number of fused-ring (bicyclic) bond motifs is 1. The fourth-order valence-corrected chi connectivity index (χ4v) is 5.76. The van der Waals surface area contributed by atoms with Gasteiger partial charge in [-0.2, -0.15) is 0 Å². The molecule has 0 amide bonds. The van der Waals surface area contributed by atoms with Crippen LogP contribution in [0.15, 0.2) is 36.4 Å². The molecule has 2 heteroatoms. The highest BCUT2D eigenvalue weighted by atomic mass is 19.1. The number of hydrogen-bond acceptors (Lipinski definition) is 0. The Kier molecular flexibility index (Phi) is 7.23. The second kappa shape index (κ2) is 10.1. The van der Waals surface area contributed by atoms with Crippen molar-refractivity contribution in [3.63, 3.8) is 0 Å². The molecule has 2 aromatic rings. The molecular weight excluding hydrogens is 374 g/mol. The van der Waals surface area contributed by atoms with Gasteiger partial charge in [0, 0.05) is 0 Å². The van der Waals surface area contributed by atoms with Gasteiger partial charge in [-0.25, -0.2) is 8.78 Å². The van der Waals surface area contributed by atoms with Gasteiger partial charge < -0.3 is 0 Å². The van der Waals surface area contributed by atoms with Crippen LogP contribution in [0.4, 0.5) is 8.78 Å². The van der Waals surface area contributed by atoms with E-state index in [1.807, 2.05) is 18.2 Å². The SMILES string of the molecule is CCCCCCC1CCC(c2ccc(C3CCc4ccc(F)cc4C3)c(F)c2)CC1. The molecule has 0 aliphatic heterocycles. The lowest BCUT2D eigenvalue weighted by Gasteiger charge is -2.30. The molecule has 0 saturated heterocycles. The van der Waals surface area contributed by atoms with Crippen LogP contribution in [0, 0.1) is 17.6 Å². The Morgan fingerprint density at radius 3 is 2.40 bits per heavy atom. The first-order valence-electron chi connectivity index (χ1n) is 12.2. The van der Waals surface area contributed by atoms with Crippen LogP contribution in [0.2, 0.25) is 0 Å². The molecule has 0 N–H and O–H groups in total. The lowest BCUT2D eigenvalue weighted by molar-refractivity contribution is 0.301. The van der Waals surface area contributed by atoms with E-state index < -0.39 is 0 Å². The van der Waals surface area contributed by atoms with Gasteiger partial charge in [0.1, 0.15) is 11.6 Å². The summed E-state index contributed by atoms with van der Waals surface area (Å²) in [5.41, 5.74) is 4.27.